The Bertz CT molecular complexity index is 213. The third kappa shape index (κ3) is 7.54. The van der Waals surface area contributed by atoms with Crippen LogP contribution in [0.5, 0.6) is 0 Å². The van der Waals surface area contributed by atoms with Crippen molar-refractivity contribution in [2.75, 3.05) is 19.3 Å². The van der Waals surface area contributed by atoms with Crippen molar-refractivity contribution in [1.82, 2.24) is 5.32 Å². The van der Waals surface area contributed by atoms with Gasteiger partial charge in [0.1, 0.15) is 0 Å². The van der Waals surface area contributed by atoms with Crippen LogP contribution in [-0.4, -0.2) is 34.3 Å². The number of nitrogens with two attached hydrogens (primary N) is 1. The van der Waals surface area contributed by atoms with Crippen molar-refractivity contribution < 1.29 is 4.21 Å². The summed E-state index contributed by atoms with van der Waals surface area (Å²) in [5.74, 6) is 0.991. The molecule has 86 valence electrons. The molecule has 6 heteroatoms. The SMILES string of the molecule is CN=C(N)NCCS(=O)C(C)(C)C.I. The molecule has 0 rings (SSSR count). The van der Waals surface area contributed by atoms with Gasteiger partial charge in [-0.25, -0.2) is 0 Å². The highest BCUT2D eigenvalue weighted by atomic mass is 127. The highest BCUT2D eigenvalue weighted by molar-refractivity contribution is 14.0. The van der Waals surface area contributed by atoms with Gasteiger partial charge in [0, 0.05) is 34.9 Å². The number of guanidine groups is 1. The first-order valence-corrected chi connectivity index (χ1v) is 5.54. The van der Waals surface area contributed by atoms with Gasteiger partial charge < -0.3 is 11.1 Å². The van der Waals surface area contributed by atoms with E-state index >= 15 is 0 Å². The smallest absolute Gasteiger partial charge is 0.188 e. The fourth-order valence-corrected chi connectivity index (χ4v) is 1.56. The van der Waals surface area contributed by atoms with Crippen molar-refractivity contribution in [2.24, 2.45) is 10.7 Å². The zero-order chi connectivity index (χ0) is 10.5. The molecule has 0 heterocycles. The number of halogens is 1. The summed E-state index contributed by atoms with van der Waals surface area (Å²) < 4.78 is 11.4. The lowest BCUT2D eigenvalue weighted by molar-refractivity contribution is 0.647. The summed E-state index contributed by atoms with van der Waals surface area (Å²) in [7, 11) is 0.785. The molecule has 1 atom stereocenters. The number of nitrogens with one attached hydrogen (secondary N) is 1. The van der Waals surface area contributed by atoms with Gasteiger partial charge in [0.25, 0.3) is 0 Å². The Labute approximate surface area is 106 Å². The maximum absolute atomic E-state index is 11.5. The average molecular weight is 333 g/mol. The highest BCUT2D eigenvalue weighted by Gasteiger charge is 2.18. The van der Waals surface area contributed by atoms with Gasteiger partial charge in [0.15, 0.2) is 5.96 Å². The first-order chi connectivity index (χ1) is 5.88. The van der Waals surface area contributed by atoms with Crippen molar-refractivity contribution in [3.63, 3.8) is 0 Å². The van der Waals surface area contributed by atoms with Gasteiger partial charge >= 0.3 is 0 Å². The summed E-state index contributed by atoms with van der Waals surface area (Å²) in [5.41, 5.74) is 5.41. The second-order valence-corrected chi connectivity index (χ2v) is 6.02. The molecule has 0 aromatic rings. The molecule has 0 radical (unpaired) electrons. The Hall–Kier alpha value is 0.150. The van der Waals surface area contributed by atoms with Gasteiger partial charge in [-0.3, -0.25) is 9.20 Å². The molecule has 0 aliphatic carbocycles. The first-order valence-electron chi connectivity index (χ1n) is 4.22. The third-order valence-electron chi connectivity index (χ3n) is 1.52. The van der Waals surface area contributed by atoms with Crippen LogP contribution < -0.4 is 11.1 Å². The monoisotopic (exact) mass is 333 g/mol. The van der Waals surface area contributed by atoms with Crippen LogP contribution in [0.3, 0.4) is 0 Å². The maximum atomic E-state index is 11.5. The molecular weight excluding hydrogens is 313 g/mol. The van der Waals surface area contributed by atoms with E-state index in [4.69, 9.17) is 5.73 Å². The third-order valence-corrected chi connectivity index (χ3v) is 3.46. The second-order valence-electron chi connectivity index (χ2n) is 3.70. The van der Waals surface area contributed by atoms with Crippen molar-refractivity contribution >= 4 is 40.7 Å². The summed E-state index contributed by atoms with van der Waals surface area (Å²) in [4.78, 5) is 3.73. The van der Waals surface area contributed by atoms with Gasteiger partial charge in [0.2, 0.25) is 0 Å². The lowest BCUT2D eigenvalue weighted by Gasteiger charge is -2.17. The zero-order valence-corrected chi connectivity index (χ0v) is 12.3. The zero-order valence-electron chi connectivity index (χ0n) is 9.16. The predicted octanol–water partition coefficient (Wildman–Crippen LogP) is 0.686. The van der Waals surface area contributed by atoms with Crippen LogP contribution in [0.2, 0.25) is 0 Å². The Morgan fingerprint density at radius 3 is 2.36 bits per heavy atom. The van der Waals surface area contributed by atoms with E-state index < -0.39 is 10.8 Å². The van der Waals surface area contributed by atoms with E-state index in [0.717, 1.165) is 0 Å². The van der Waals surface area contributed by atoms with Crippen LogP contribution in [-0.2, 0) is 10.8 Å². The number of nitrogens with zero attached hydrogens (tertiary/aromatic N) is 1. The average Bonchev–Trinajstić information content (AvgIpc) is 2.02. The van der Waals surface area contributed by atoms with E-state index in [-0.39, 0.29) is 28.7 Å². The molecule has 0 aromatic heterocycles. The van der Waals surface area contributed by atoms with E-state index in [2.05, 4.69) is 10.3 Å². The molecule has 14 heavy (non-hydrogen) atoms. The Morgan fingerprint density at radius 1 is 1.50 bits per heavy atom. The Balaban J connectivity index is 0. The van der Waals surface area contributed by atoms with Gasteiger partial charge in [-0.2, -0.15) is 0 Å². The fourth-order valence-electron chi connectivity index (χ4n) is 0.657. The molecule has 4 nitrogen and oxygen atoms in total. The molecule has 0 saturated heterocycles. The molecule has 0 aliphatic heterocycles. The van der Waals surface area contributed by atoms with E-state index in [1.54, 1.807) is 7.05 Å². The molecule has 0 aliphatic rings. The summed E-state index contributed by atoms with van der Waals surface area (Å²) >= 11 is 0. The minimum Gasteiger partial charge on any atom is -0.370 e. The van der Waals surface area contributed by atoms with Gasteiger partial charge in [-0.1, -0.05) is 0 Å². The van der Waals surface area contributed by atoms with Crippen LogP contribution in [0.1, 0.15) is 20.8 Å². The molecular formula is C8H20IN3OS. The molecule has 0 bridgehead atoms. The minimum atomic E-state index is -0.829. The molecule has 1 unspecified atom stereocenters. The van der Waals surface area contributed by atoms with Crippen molar-refractivity contribution in [2.45, 2.75) is 25.5 Å². The number of hydrogen-bond donors (Lipinski definition) is 2. The minimum absolute atomic E-state index is 0. The Kier molecular flexibility index (Phi) is 8.81. The predicted molar refractivity (Wildman–Crippen MR) is 73.7 cm³/mol. The lowest BCUT2D eigenvalue weighted by atomic mass is 10.3. The normalized spacial score (nSPS) is 14.4. The number of rotatable bonds is 3. The largest absolute Gasteiger partial charge is 0.370 e. The van der Waals surface area contributed by atoms with Gasteiger partial charge in [0.05, 0.1) is 0 Å². The Morgan fingerprint density at radius 2 is 2.00 bits per heavy atom. The molecule has 0 saturated carbocycles. The highest BCUT2D eigenvalue weighted by Crippen LogP contribution is 2.10. The van der Waals surface area contributed by atoms with Crippen molar-refractivity contribution in [3.8, 4) is 0 Å². The fraction of sp³-hybridized carbons (Fsp3) is 0.875. The van der Waals surface area contributed by atoms with E-state index in [9.17, 15) is 4.21 Å². The van der Waals surface area contributed by atoms with Crippen LogP contribution in [0.4, 0.5) is 0 Å². The molecule has 0 aromatic carbocycles. The number of aliphatic imine (C=N–C) groups is 1. The second kappa shape index (κ2) is 7.44. The molecule has 3 N–H and O–H groups in total. The van der Waals surface area contributed by atoms with Crippen LogP contribution in [0, 0.1) is 0 Å². The van der Waals surface area contributed by atoms with Gasteiger partial charge in [-0.05, 0) is 20.8 Å². The lowest BCUT2D eigenvalue weighted by Crippen LogP contribution is -2.36. The van der Waals surface area contributed by atoms with Crippen LogP contribution in [0.25, 0.3) is 0 Å². The van der Waals surface area contributed by atoms with Crippen LogP contribution >= 0.6 is 24.0 Å². The van der Waals surface area contributed by atoms with Crippen molar-refractivity contribution in [3.05, 3.63) is 0 Å². The quantitative estimate of drug-likeness (QED) is 0.454. The summed E-state index contributed by atoms with van der Waals surface area (Å²) in [6.45, 7) is 6.48. The summed E-state index contributed by atoms with van der Waals surface area (Å²) in [6.07, 6.45) is 0. The van der Waals surface area contributed by atoms with Crippen LogP contribution in [0.15, 0.2) is 4.99 Å². The molecule has 0 amide bonds. The van der Waals surface area contributed by atoms with E-state index in [0.29, 0.717) is 18.3 Å². The molecule has 0 fully saturated rings. The standard InChI is InChI=1S/C8H19N3OS.HI/c1-8(2,3)13(12)6-5-11-7(9)10-4;/h5-6H2,1-4H3,(H3,9,10,11);1H. The maximum Gasteiger partial charge on any atom is 0.188 e. The summed E-state index contributed by atoms with van der Waals surface area (Å²) in [5, 5.41) is 2.87. The van der Waals surface area contributed by atoms with Gasteiger partial charge in [-0.15, -0.1) is 24.0 Å². The summed E-state index contributed by atoms with van der Waals surface area (Å²) in [6, 6.07) is 0. The molecule has 0 spiro atoms. The van der Waals surface area contributed by atoms with E-state index in [1.807, 2.05) is 20.8 Å². The topological polar surface area (TPSA) is 67.5 Å². The van der Waals surface area contributed by atoms with E-state index in [1.165, 1.54) is 0 Å². The van der Waals surface area contributed by atoms with Crippen molar-refractivity contribution in [1.29, 1.82) is 0 Å². The number of hydrogen-bond acceptors (Lipinski definition) is 2. The first kappa shape index (κ1) is 16.6.